The molecule has 1 aliphatic rings. The van der Waals surface area contributed by atoms with Crippen LogP contribution < -0.4 is 5.14 Å². The molecule has 1 saturated carbocycles. The van der Waals surface area contributed by atoms with Crippen molar-refractivity contribution >= 4 is 10.0 Å². The summed E-state index contributed by atoms with van der Waals surface area (Å²) in [7, 11) is -3.61. The number of nitrogens with two attached hydrogens (primary N) is 1. The van der Waals surface area contributed by atoms with Gasteiger partial charge >= 0.3 is 0 Å². The molecule has 0 amide bonds. The van der Waals surface area contributed by atoms with Crippen molar-refractivity contribution in [2.45, 2.75) is 49.5 Å². The minimum atomic E-state index is -3.61. The second kappa shape index (κ2) is 4.55. The van der Waals surface area contributed by atoms with Crippen LogP contribution in [-0.4, -0.2) is 18.2 Å². The maximum atomic E-state index is 11.1. The fourth-order valence-electron chi connectivity index (χ4n) is 2.19. The first-order valence-corrected chi connectivity index (χ1v) is 7.19. The highest BCUT2D eigenvalue weighted by Crippen LogP contribution is 2.26. The highest BCUT2D eigenvalue weighted by Gasteiger charge is 2.17. The summed E-state index contributed by atoms with van der Waals surface area (Å²) < 4.78 is 24.0. The quantitative estimate of drug-likeness (QED) is 0.798. The van der Waals surface area contributed by atoms with Crippen LogP contribution in [0.25, 0.3) is 0 Å². The van der Waals surface area contributed by atoms with Gasteiger partial charge in [0.15, 0.2) is 0 Å². The largest absolute Gasteiger partial charge is 0.268 e. The third-order valence-electron chi connectivity index (χ3n) is 3.11. The van der Waals surface area contributed by atoms with Gasteiger partial charge in [-0.15, -0.1) is 0 Å². The molecule has 0 aromatic carbocycles. The van der Waals surface area contributed by atoms with Crippen LogP contribution in [-0.2, 0) is 10.0 Å². The number of aromatic nitrogens is 2. The van der Waals surface area contributed by atoms with Crippen molar-refractivity contribution in [2.24, 2.45) is 5.14 Å². The summed E-state index contributed by atoms with van der Waals surface area (Å²) in [5, 5.41) is 9.15. The Morgan fingerprint density at radius 1 is 1.25 bits per heavy atom. The second-order valence-corrected chi connectivity index (χ2v) is 5.91. The number of rotatable bonds is 2. The normalized spacial score (nSPS) is 19.6. The van der Waals surface area contributed by atoms with E-state index in [1.165, 1.54) is 31.9 Å². The van der Waals surface area contributed by atoms with Gasteiger partial charge in [0.25, 0.3) is 0 Å². The van der Waals surface area contributed by atoms with E-state index in [1.54, 1.807) is 10.9 Å². The summed E-state index contributed by atoms with van der Waals surface area (Å²) in [4.78, 5) is 0.108. The third kappa shape index (κ3) is 2.62. The topological polar surface area (TPSA) is 78.0 Å². The van der Waals surface area contributed by atoms with Gasteiger partial charge in [-0.05, 0) is 12.8 Å². The van der Waals surface area contributed by atoms with Crippen LogP contribution in [0.5, 0.6) is 0 Å². The highest BCUT2D eigenvalue weighted by molar-refractivity contribution is 7.89. The lowest BCUT2D eigenvalue weighted by Crippen LogP contribution is -2.12. The number of hydrogen-bond acceptors (Lipinski definition) is 3. The molecule has 0 unspecified atom stereocenters. The van der Waals surface area contributed by atoms with E-state index in [2.05, 4.69) is 5.10 Å². The first-order valence-electron chi connectivity index (χ1n) is 5.64. The van der Waals surface area contributed by atoms with Crippen molar-refractivity contribution in [3.05, 3.63) is 12.4 Å². The van der Waals surface area contributed by atoms with E-state index in [0.29, 0.717) is 6.04 Å². The van der Waals surface area contributed by atoms with E-state index >= 15 is 0 Å². The lowest BCUT2D eigenvalue weighted by molar-refractivity contribution is 0.405. The van der Waals surface area contributed by atoms with Gasteiger partial charge in [0, 0.05) is 6.20 Å². The first kappa shape index (κ1) is 11.6. The number of primary sulfonamides is 1. The van der Waals surface area contributed by atoms with Crippen LogP contribution in [0.3, 0.4) is 0 Å². The number of sulfonamides is 1. The molecule has 2 rings (SSSR count). The maximum Gasteiger partial charge on any atom is 0.241 e. The highest BCUT2D eigenvalue weighted by atomic mass is 32.2. The molecule has 0 saturated heterocycles. The monoisotopic (exact) mass is 243 g/mol. The van der Waals surface area contributed by atoms with Crippen molar-refractivity contribution in [2.75, 3.05) is 0 Å². The van der Waals surface area contributed by atoms with Gasteiger partial charge < -0.3 is 0 Å². The average Bonchev–Trinajstić information content (AvgIpc) is 2.55. The summed E-state index contributed by atoms with van der Waals surface area (Å²) in [5.74, 6) is 0. The second-order valence-electron chi connectivity index (χ2n) is 4.35. The number of hydrogen-bond donors (Lipinski definition) is 1. The standard InChI is InChI=1S/C10H17N3O2S/c11-16(14,15)10-7-12-13(8-10)9-5-3-1-2-4-6-9/h7-9H,1-6H2,(H2,11,14,15). The zero-order valence-corrected chi connectivity index (χ0v) is 9.99. The van der Waals surface area contributed by atoms with Gasteiger partial charge in [0.1, 0.15) is 4.90 Å². The molecule has 0 radical (unpaired) electrons. The Bertz CT molecular complexity index is 444. The molecule has 90 valence electrons. The van der Waals surface area contributed by atoms with E-state index in [9.17, 15) is 8.42 Å². The molecular formula is C10H17N3O2S. The molecule has 1 aromatic rings. The minimum absolute atomic E-state index is 0.108. The van der Waals surface area contributed by atoms with Gasteiger partial charge in [-0.2, -0.15) is 5.10 Å². The fourth-order valence-corrected chi connectivity index (χ4v) is 2.64. The van der Waals surface area contributed by atoms with Gasteiger partial charge in [-0.1, -0.05) is 25.7 Å². The molecule has 16 heavy (non-hydrogen) atoms. The molecule has 0 atom stereocenters. The Labute approximate surface area is 95.7 Å². The zero-order valence-electron chi connectivity index (χ0n) is 9.17. The molecular weight excluding hydrogens is 226 g/mol. The molecule has 1 aromatic heterocycles. The van der Waals surface area contributed by atoms with Crippen LogP contribution >= 0.6 is 0 Å². The fraction of sp³-hybridized carbons (Fsp3) is 0.700. The third-order valence-corrected chi connectivity index (χ3v) is 3.97. The van der Waals surface area contributed by atoms with Crippen LogP contribution in [0.15, 0.2) is 17.3 Å². The van der Waals surface area contributed by atoms with E-state index < -0.39 is 10.0 Å². The van der Waals surface area contributed by atoms with Crippen molar-refractivity contribution in [1.29, 1.82) is 0 Å². The molecule has 1 heterocycles. The Balaban J connectivity index is 2.17. The van der Waals surface area contributed by atoms with Crippen molar-refractivity contribution in [3.8, 4) is 0 Å². The lowest BCUT2D eigenvalue weighted by atomic mass is 10.1. The zero-order chi connectivity index (χ0) is 11.6. The first-order chi connectivity index (χ1) is 7.57. The van der Waals surface area contributed by atoms with Gasteiger partial charge in [0.05, 0.1) is 12.2 Å². The van der Waals surface area contributed by atoms with E-state index in [0.717, 1.165) is 12.8 Å². The number of nitrogens with zero attached hydrogens (tertiary/aromatic N) is 2. The molecule has 2 N–H and O–H groups in total. The molecule has 1 fully saturated rings. The Morgan fingerprint density at radius 3 is 2.38 bits per heavy atom. The predicted molar refractivity (Wildman–Crippen MR) is 60.3 cm³/mol. The Hall–Kier alpha value is -0.880. The Kier molecular flexibility index (Phi) is 3.30. The molecule has 6 heteroatoms. The Morgan fingerprint density at radius 2 is 1.88 bits per heavy atom. The molecule has 5 nitrogen and oxygen atoms in total. The molecule has 0 aliphatic heterocycles. The molecule has 0 spiro atoms. The van der Waals surface area contributed by atoms with Crippen LogP contribution in [0.4, 0.5) is 0 Å². The smallest absolute Gasteiger partial charge is 0.241 e. The summed E-state index contributed by atoms with van der Waals surface area (Å²) in [6.07, 6.45) is 9.94. The van der Waals surface area contributed by atoms with Crippen molar-refractivity contribution in [1.82, 2.24) is 9.78 Å². The van der Waals surface area contributed by atoms with Crippen LogP contribution in [0.1, 0.15) is 44.6 Å². The lowest BCUT2D eigenvalue weighted by Gasteiger charge is -2.13. The summed E-state index contributed by atoms with van der Waals surface area (Å²) in [6, 6.07) is 0.331. The maximum absolute atomic E-state index is 11.1. The predicted octanol–water partition coefficient (Wildman–Crippen LogP) is 1.43. The summed E-state index contributed by atoms with van der Waals surface area (Å²) >= 11 is 0. The van der Waals surface area contributed by atoms with Crippen LogP contribution in [0, 0.1) is 0 Å². The average molecular weight is 243 g/mol. The SMILES string of the molecule is NS(=O)(=O)c1cnn(C2CCCCCC2)c1. The van der Waals surface area contributed by atoms with Gasteiger partial charge in [-0.25, -0.2) is 13.6 Å². The summed E-state index contributed by atoms with van der Waals surface area (Å²) in [5.41, 5.74) is 0. The van der Waals surface area contributed by atoms with Gasteiger partial charge in [0.2, 0.25) is 10.0 Å². The van der Waals surface area contributed by atoms with Crippen LogP contribution in [0.2, 0.25) is 0 Å². The molecule has 0 bridgehead atoms. The van der Waals surface area contributed by atoms with E-state index in [-0.39, 0.29) is 4.90 Å². The van der Waals surface area contributed by atoms with Crippen molar-refractivity contribution in [3.63, 3.8) is 0 Å². The van der Waals surface area contributed by atoms with Crippen molar-refractivity contribution < 1.29 is 8.42 Å². The minimum Gasteiger partial charge on any atom is -0.268 e. The van der Waals surface area contributed by atoms with E-state index in [1.807, 2.05) is 0 Å². The summed E-state index contributed by atoms with van der Waals surface area (Å²) in [6.45, 7) is 0. The van der Waals surface area contributed by atoms with Gasteiger partial charge in [-0.3, -0.25) is 4.68 Å². The van der Waals surface area contributed by atoms with E-state index in [4.69, 9.17) is 5.14 Å². The molecule has 1 aliphatic carbocycles.